The smallest absolute Gasteiger partial charge is 0.308 e. The average molecular weight is 465 g/mol. The number of ether oxygens (including phenoxy) is 1. The number of anilines is 1. The number of hydrogen-bond acceptors (Lipinski definition) is 6. The Morgan fingerprint density at radius 1 is 1.32 bits per heavy atom. The summed E-state index contributed by atoms with van der Waals surface area (Å²) in [5.74, 6) is -0.926. The topological polar surface area (TPSA) is 122 Å². The lowest BCUT2D eigenvalue weighted by Crippen LogP contribution is -2.13. The van der Waals surface area contributed by atoms with Crippen LogP contribution < -0.4 is 10.1 Å². The van der Waals surface area contributed by atoms with Gasteiger partial charge in [-0.2, -0.15) is 5.26 Å². The summed E-state index contributed by atoms with van der Waals surface area (Å²) < 4.78 is 5.45. The van der Waals surface area contributed by atoms with E-state index in [9.17, 15) is 25.0 Å². The lowest BCUT2D eigenvalue weighted by Gasteiger charge is -2.07. The van der Waals surface area contributed by atoms with Gasteiger partial charge in [0.25, 0.3) is 11.6 Å². The molecule has 0 aliphatic heterocycles. The summed E-state index contributed by atoms with van der Waals surface area (Å²) >= 11 is 9.18. The Morgan fingerprint density at radius 2 is 2.04 bits per heavy atom. The van der Waals surface area contributed by atoms with E-state index in [1.54, 1.807) is 18.2 Å². The molecule has 2 rings (SSSR count). The Kier molecular flexibility index (Phi) is 6.87. The molecule has 28 heavy (non-hydrogen) atoms. The molecule has 0 bridgehead atoms. The predicted molar refractivity (Wildman–Crippen MR) is 106 cm³/mol. The molecule has 0 saturated carbocycles. The van der Waals surface area contributed by atoms with Crippen molar-refractivity contribution in [1.82, 2.24) is 0 Å². The highest BCUT2D eigenvalue weighted by Gasteiger charge is 2.15. The van der Waals surface area contributed by atoms with Gasteiger partial charge in [0.05, 0.1) is 20.1 Å². The number of carbonyl (C=O) groups is 2. The minimum absolute atomic E-state index is 0.0340. The average Bonchev–Trinajstić information content (AvgIpc) is 2.62. The van der Waals surface area contributed by atoms with Gasteiger partial charge in [-0.25, -0.2) is 0 Å². The second-order valence-corrected chi connectivity index (χ2v) is 6.59. The fourth-order valence-corrected chi connectivity index (χ4v) is 2.77. The molecule has 0 unspecified atom stereocenters. The van der Waals surface area contributed by atoms with E-state index in [1.807, 2.05) is 0 Å². The van der Waals surface area contributed by atoms with Crippen LogP contribution in [0.4, 0.5) is 11.4 Å². The molecule has 2 aromatic carbocycles. The van der Waals surface area contributed by atoms with Crippen molar-refractivity contribution in [3.8, 4) is 11.8 Å². The number of nitro groups is 1. The van der Waals surface area contributed by atoms with Crippen molar-refractivity contribution in [2.24, 2.45) is 0 Å². The van der Waals surface area contributed by atoms with Crippen LogP contribution in [0.25, 0.3) is 6.08 Å². The van der Waals surface area contributed by atoms with Crippen LogP contribution in [0.15, 0.2) is 46.4 Å². The van der Waals surface area contributed by atoms with Crippen molar-refractivity contribution in [2.45, 2.75) is 6.92 Å². The van der Waals surface area contributed by atoms with Crippen molar-refractivity contribution < 1.29 is 19.2 Å². The fraction of sp³-hybridized carbons (Fsp3) is 0.0556. The number of carbonyl (C=O) groups excluding carboxylic acids is 2. The Hall–Kier alpha value is -3.22. The molecule has 0 saturated heterocycles. The second kappa shape index (κ2) is 9.12. The molecule has 1 N–H and O–H groups in total. The monoisotopic (exact) mass is 463 g/mol. The van der Waals surface area contributed by atoms with Crippen LogP contribution in [0.5, 0.6) is 5.75 Å². The largest absolute Gasteiger partial charge is 0.426 e. The van der Waals surface area contributed by atoms with Crippen molar-refractivity contribution in [3.05, 3.63) is 67.1 Å². The Labute approximate surface area is 172 Å². The zero-order valence-corrected chi connectivity index (χ0v) is 16.6. The molecule has 10 heteroatoms. The third-order valence-corrected chi connectivity index (χ3v) is 4.23. The van der Waals surface area contributed by atoms with Crippen molar-refractivity contribution >= 4 is 56.9 Å². The molecular weight excluding hydrogens is 454 g/mol. The highest BCUT2D eigenvalue weighted by Crippen LogP contribution is 2.28. The van der Waals surface area contributed by atoms with Crippen LogP contribution in [-0.2, 0) is 9.59 Å². The lowest BCUT2D eigenvalue weighted by atomic mass is 10.1. The fourth-order valence-electron chi connectivity index (χ4n) is 2.07. The number of nitriles is 1. The van der Waals surface area contributed by atoms with Crippen LogP contribution >= 0.6 is 27.5 Å². The molecule has 0 spiro atoms. The standard InChI is InChI=1S/C18H11BrClN3O5/c1-10(24)28-17-5-2-11(7-14(17)19)6-12(9-21)18(25)22-16-4-3-13(23(26)27)8-15(16)20/h2-8H,1H3,(H,22,25)/b12-6+. The van der Waals surface area contributed by atoms with Gasteiger partial charge in [-0.05, 0) is 45.8 Å². The molecule has 0 fully saturated rings. The highest BCUT2D eigenvalue weighted by atomic mass is 79.9. The number of amides is 1. The molecular formula is C18H11BrClN3O5. The van der Waals surface area contributed by atoms with Gasteiger partial charge >= 0.3 is 5.97 Å². The first-order valence-electron chi connectivity index (χ1n) is 7.56. The van der Waals surface area contributed by atoms with Crippen LogP contribution in [0.2, 0.25) is 5.02 Å². The Morgan fingerprint density at radius 3 is 2.57 bits per heavy atom. The summed E-state index contributed by atoms with van der Waals surface area (Å²) in [5, 5.41) is 22.4. The number of nitrogens with one attached hydrogen (secondary N) is 1. The number of nitro benzene ring substituents is 1. The van der Waals surface area contributed by atoms with E-state index in [0.29, 0.717) is 15.8 Å². The van der Waals surface area contributed by atoms with E-state index in [4.69, 9.17) is 16.3 Å². The zero-order chi connectivity index (χ0) is 20.8. The SMILES string of the molecule is CC(=O)Oc1ccc(/C=C(\C#N)C(=O)Nc2ccc([N+](=O)[O-])cc2Cl)cc1Br. The number of rotatable bonds is 5. The lowest BCUT2D eigenvalue weighted by molar-refractivity contribution is -0.384. The Bertz CT molecular complexity index is 1050. The summed E-state index contributed by atoms with van der Waals surface area (Å²) in [5.41, 5.74) is 0.187. The molecule has 0 radical (unpaired) electrons. The van der Waals surface area contributed by atoms with Crippen molar-refractivity contribution in [1.29, 1.82) is 5.26 Å². The van der Waals surface area contributed by atoms with Gasteiger partial charge in [0, 0.05) is 19.1 Å². The van der Waals surface area contributed by atoms with E-state index >= 15 is 0 Å². The number of nitrogens with zero attached hydrogens (tertiary/aromatic N) is 2. The van der Waals surface area contributed by atoms with E-state index in [1.165, 1.54) is 31.2 Å². The highest BCUT2D eigenvalue weighted by molar-refractivity contribution is 9.10. The van der Waals surface area contributed by atoms with E-state index < -0.39 is 16.8 Å². The third kappa shape index (κ3) is 5.39. The summed E-state index contributed by atoms with van der Waals surface area (Å²) in [6.07, 6.45) is 1.33. The normalized spacial score (nSPS) is 10.7. The first kappa shape index (κ1) is 21.1. The zero-order valence-electron chi connectivity index (χ0n) is 14.2. The molecule has 0 aliphatic rings. The van der Waals surface area contributed by atoms with Crippen molar-refractivity contribution in [2.75, 3.05) is 5.32 Å². The molecule has 0 aromatic heterocycles. The molecule has 1 amide bonds. The van der Waals surface area contributed by atoms with Crippen LogP contribution in [0, 0.1) is 21.4 Å². The minimum Gasteiger partial charge on any atom is -0.426 e. The summed E-state index contributed by atoms with van der Waals surface area (Å²) in [7, 11) is 0. The number of benzene rings is 2. The molecule has 0 aliphatic carbocycles. The first-order valence-corrected chi connectivity index (χ1v) is 8.73. The summed E-state index contributed by atoms with van der Waals surface area (Å²) in [6, 6.07) is 9.98. The van der Waals surface area contributed by atoms with E-state index in [-0.39, 0.29) is 22.0 Å². The van der Waals surface area contributed by atoms with E-state index in [2.05, 4.69) is 21.2 Å². The molecule has 0 atom stereocenters. The van der Waals surface area contributed by atoms with E-state index in [0.717, 1.165) is 6.07 Å². The van der Waals surface area contributed by atoms with Gasteiger partial charge in [0.2, 0.25) is 0 Å². The molecule has 2 aromatic rings. The maximum absolute atomic E-state index is 12.3. The van der Waals surface area contributed by atoms with Gasteiger partial charge in [0.1, 0.15) is 17.4 Å². The Balaban J connectivity index is 2.24. The number of halogens is 2. The van der Waals surface area contributed by atoms with Crippen LogP contribution in [0.3, 0.4) is 0 Å². The van der Waals surface area contributed by atoms with Gasteiger partial charge in [-0.3, -0.25) is 19.7 Å². The number of esters is 1. The quantitative estimate of drug-likeness (QED) is 0.174. The molecule has 0 heterocycles. The maximum Gasteiger partial charge on any atom is 0.308 e. The third-order valence-electron chi connectivity index (χ3n) is 3.30. The summed E-state index contributed by atoms with van der Waals surface area (Å²) in [6.45, 7) is 1.27. The molecule has 142 valence electrons. The second-order valence-electron chi connectivity index (χ2n) is 5.33. The van der Waals surface area contributed by atoms with Crippen LogP contribution in [-0.4, -0.2) is 16.8 Å². The van der Waals surface area contributed by atoms with Gasteiger partial charge < -0.3 is 10.1 Å². The molecule has 8 nitrogen and oxygen atoms in total. The maximum atomic E-state index is 12.3. The van der Waals surface area contributed by atoms with Gasteiger partial charge in [-0.15, -0.1) is 0 Å². The van der Waals surface area contributed by atoms with Gasteiger partial charge in [-0.1, -0.05) is 17.7 Å². The number of non-ortho nitro benzene ring substituents is 1. The minimum atomic E-state index is -0.738. The van der Waals surface area contributed by atoms with Crippen LogP contribution in [0.1, 0.15) is 12.5 Å². The van der Waals surface area contributed by atoms with Gasteiger partial charge in [0.15, 0.2) is 0 Å². The number of hydrogen-bond donors (Lipinski definition) is 1. The van der Waals surface area contributed by atoms with Crippen molar-refractivity contribution in [3.63, 3.8) is 0 Å². The first-order chi connectivity index (χ1) is 13.2. The summed E-state index contributed by atoms with van der Waals surface area (Å²) in [4.78, 5) is 33.5. The predicted octanol–water partition coefficient (Wildman–Crippen LogP) is 4.48.